The molecule has 4 nitrogen and oxygen atoms in total. The molecule has 0 saturated carbocycles. The fourth-order valence-electron chi connectivity index (χ4n) is 3.23. The van der Waals surface area contributed by atoms with Crippen LogP contribution in [-0.2, 0) is 24.3 Å². The zero-order valence-corrected chi connectivity index (χ0v) is 19.2. The third kappa shape index (κ3) is 6.47. The third-order valence-corrected chi connectivity index (χ3v) is 6.24. The van der Waals surface area contributed by atoms with Crippen LogP contribution in [0.4, 0.5) is 26.3 Å². The number of benzene rings is 2. The van der Waals surface area contributed by atoms with Gasteiger partial charge in [0.15, 0.2) is 0 Å². The maximum absolute atomic E-state index is 13.7. The Balaban J connectivity index is 1.67. The van der Waals surface area contributed by atoms with Crippen LogP contribution in [-0.4, -0.2) is 16.8 Å². The van der Waals surface area contributed by atoms with E-state index in [1.165, 1.54) is 30.3 Å². The van der Waals surface area contributed by atoms with Gasteiger partial charge in [-0.25, -0.2) is 0 Å². The van der Waals surface area contributed by atoms with E-state index < -0.39 is 29.0 Å². The SMILES string of the molecule is CC(C)(N)c1nnc(-c2ccc(OCCCCc3ccccc3C(F)(F)F)c(C(F)(F)F)c2)s1. The normalized spacial score (nSPS) is 12.7. The molecule has 3 rings (SSSR count). The first-order valence-electron chi connectivity index (χ1n) is 10.4. The minimum absolute atomic E-state index is 0.0685. The van der Waals surface area contributed by atoms with Gasteiger partial charge in [0.25, 0.3) is 0 Å². The van der Waals surface area contributed by atoms with Crippen LogP contribution in [0.5, 0.6) is 5.75 Å². The van der Waals surface area contributed by atoms with Gasteiger partial charge in [-0.15, -0.1) is 10.2 Å². The van der Waals surface area contributed by atoms with Crippen LogP contribution in [0.25, 0.3) is 10.6 Å². The highest BCUT2D eigenvalue weighted by Gasteiger charge is 2.35. The molecule has 0 radical (unpaired) electrons. The second-order valence-electron chi connectivity index (χ2n) is 8.30. The van der Waals surface area contributed by atoms with Crippen molar-refractivity contribution in [2.75, 3.05) is 6.61 Å². The molecule has 0 aliphatic rings. The molecule has 0 spiro atoms. The first-order valence-corrected chi connectivity index (χ1v) is 11.2. The van der Waals surface area contributed by atoms with Gasteiger partial charge in [0.05, 0.1) is 23.3 Å². The maximum atomic E-state index is 13.7. The topological polar surface area (TPSA) is 61.0 Å². The number of halogens is 6. The lowest BCUT2D eigenvalue weighted by molar-refractivity contribution is -0.139. The van der Waals surface area contributed by atoms with Crippen molar-refractivity contribution in [2.45, 2.75) is 51.0 Å². The summed E-state index contributed by atoms with van der Waals surface area (Å²) in [5.41, 5.74) is 3.91. The average molecular weight is 504 g/mol. The van der Waals surface area contributed by atoms with Gasteiger partial charge in [-0.05, 0) is 62.9 Å². The molecule has 184 valence electrons. The molecule has 1 heterocycles. The molecule has 2 N–H and O–H groups in total. The quantitative estimate of drug-likeness (QED) is 0.270. The predicted molar refractivity (Wildman–Crippen MR) is 117 cm³/mol. The van der Waals surface area contributed by atoms with Gasteiger partial charge in [-0.3, -0.25) is 0 Å². The van der Waals surface area contributed by atoms with Crippen molar-refractivity contribution >= 4 is 11.3 Å². The van der Waals surface area contributed by atoms with E-state index in [4.69, 9.17) is 10.5 Å². The molecule has 0 saturated heterocycles. The second-order valence-corrected chi connectivity index (χ2v) is 9.28. The van der Waals surface area contributed by atoms with Crippen LogP contribution in [0.15, 0.2) is 42.5 Å². The third-order valence-electron chi connectivity index (χ3n) is 4.93. The molecule has 34 heavy (non-hydrogen) atoms. The van der Waals surface area contributed by atoms with Gasteiger partial charge in [-0.1, -0.05) is 29.5 Å². The molecule has 0 amide bonds. The second kappa shape index (κ2) is 9.91. The smallest absolute Gasteiger partial charge is 0.419 e. The summed E-state index contributed by atoms with van der Waals surface area (Å²) in [6.45, 7) is 3.37. The molecule has 0 fully saturated rings. The van der Waals surface area contributed by atoms with Gasteiger partial charge in [0.2, 0.25) is 0 Å². The Morgan fingerprint density at radius 2 is 1.56 bits per heavy atom. The summed E-state index contributed by atoms with van der Waals surface area (Å²) in [5, 5.41) is 8.69. The van der Waals surface area contributed by atoms with Gasteiger partial charge >= 0.3 is 12.4 Å². The highest BCUT2D eigenvalue weighted by molar-refractivity contribution is 7.14. The monoisotopic (exact) mass is 503 g/mol. The number of ether oxygens (including phenoxy) is 1. The molecule has 0 aliphatic carbocycles. The number of aromatic nitrogens is 2. The summed E-state index contributed by atoms with van der Waals surface area (Å²) >= 11 is 1.11. The van der Waals surface area contributed by atoms with Crippen molar-refractivity contribution in [3.8, 4) is 16.3 Å². The van der Waals surface area contributed by atoms with E-state index in [2.05, 4.69) is 10.2 Å². The van der Waals surface area contributed by atoms with E-state index in [-0.39, 0.29) is 36.3 Å². The molecular formula is C23H23F6N3OS. The summed E-state index contributed by atoms with van der Waals surface area (Å²) in [4.78, 5) is 0. The number of nitrogens with two attached hydrogens (primary N) is 1. The van der Waals surface area contributed by atoms with Crippen LogP contribution < -0.4 is 10.5 Å². The number of nitrogens with zero attached hydrogens (tertiary/aromatic N) is 2. The predicted octanol–water partition coefficient (Wildman–Crippen LogP) is 6.84. The fourth-order valence-corrected chi connectivity index (χ4v) is 4.08. The number of hydrogen-bond donors (Lipinski definition) is 1. The Morgan fingerprint density at radius 1 is 0.882 bits per heavy atom. The van der Waals surface area contributed by atoms with Crippen LogP contribution in [0.1, 0.15) is 48.4 Å². The Hall–Kier alpha value is -2.66. The van der Waals surface area contributed by atoms with Crippen molar-refractivity contribution < 1.29 is 31.1 Å². The van der Waals surface area contributed by atoms with E-state index in [1.54, 1.807) is 13.8 Å². The van der Waals surface area contributed by atoms with Crippen LogP contribution in [0.2, 0.25) is 0 Å². The van der Waals surface area contributed by atoms with Gasteiger partial charge < -0.3 is 10.5 Å². The van der Waals surface area contributed by atoms with Crippen LogP contribution >= 0.6 is 11.3 Å². The fraction of sp³-hybridized carbons (Fsp3) is 0.391. The maximum Gasteiger partial charge on any atom is 0.419 e. The standard InChI is InChI=1S/C23H23F6N3OS/c1-21(2,30)20-32-31-19(34-20)15-10-11-18(17(13-15)23(27,28)29)33-12-6-5-8-14-7-3-4-9-16(14)22(24,25)26/h3-4,7,9-11,13H,5-6,8,12,30H2,1-2H3. The lowest BCUT2D eigenvalue weighted by Crippen LogP contribution is -2.28. The van der Waals surface area contributed by atoms with Crippen molar-refractivity contribution in [3.63, 3.8) is 0 Å². The van der Waals surface area contributed by atoms with E-state index >= 15 is 0 Å². The minimum atomic E-state index is -4.67. The Bertz CT molecular complexity index is 1120. The van der Waals surface area contributed by atoms with Crippen molar-refractivity contribution in [3.05, 3.63) is 64.2 Å². The highest BCUT2D eigenvalue weighted by atomic mass is 32.1. The number of rotatable bonds is 8. The molecular weight excluding hydrogens is 480 g/mol. The summed E-state index contributed by atoms with van der Waals surface area (Å²) in [6.07, 6.45) is -8.37. The molecule has 0 bridgehead atoms. The van der Waals surface area contributed by atoms with Crippen LogP contribution in [0.3, 0.4) is 0 Å². The molecule has 1 aromatic heterocycles. The zero-order chi connectivity index (χ0) is 25.1. The molecule has 2 aromatic carbocycles. The van der Waals surface area contributed by atoms with E-state index in [0.29, 0.717) is 16.4 Å². The first-order chi connectivity index (χ1) is 15.8. The molecule has 3 aromatic rings. The minimum Gasteiger partial charge on any atom is -0.493 e. The number of alkyl halides is 6. The van der Waals surface area contributed by atoms with E-state index in [1.807, 2.05) is 0 Å². The Morgan fingerprint density at radius 3 is 2.18 bits per heavy atom. The average Bonchev–Trinajstić information content (AvgIpc) is 3.23. The van der Waals surface area contributed by atoms with Crippen molar-refractivity contribution in [2.24, 2.45) is 5.73 Å². The Labute approximate surface area is 196 Å². The molecule has 0 unspecified atom stereocenters. The number of hydrogen-bond acceptors (Lipinski definition) is 5. The zero-order valence-electron chi connectivity index (χ0n) is 18.4. The van der Waals surface area contributed by atoms with Gasteiger partial charge in [0, 0.05) is 5.56 Å². The lowest BCUT2D eigenvalue weighted by Gasteiger charge is -2.15. The molecule has 0 atom stereocenters. The van der Waals surface area contributed by atoms with Crippen molar-refractivity contribution in [1.82, 2.24) is 10.2 Å². The Kier molecular flexibility index (Phi) is 7.56. The largest absolute Gasteiger partial charge is 0.493 e. The summed E-state index contributed by atoms with van der Waals surface area (Å²) in [5.74, 6) is -0.351. The summed E-state index contributed by atoms with van der Waals surface area (Å²) < 4.78 is 85.5. The molecule has 0 aliphatic heterocycles. The first kappa shape index (κ1) is 26.0. The van der Waals surface area contributed by atoms with Crippen LogP contribution in [0, 0.1) is 0 Å². The van der Waals surface area contributed by atoms with E-state index in [0.717, 1.165) is 23.5 Å². The van der Waals surface area contributed by atoms with E-state index in [9.17, 15) is 26.3 Å². The summed E-state index contributed by atoms with van der Waals surface area (Å²) in [7, 11) is 0. The number of aryl methyl sites for hydroxylation is 1. The van der Waals surface area contributed by atoms with Gasteiger partial charge in [-0.2, -0.15) is 26.3 Å². The van der Waals surface area contributed by atoms with Crippen molar-refractivity contribution in [1.29, 1.82) is 0 Å². The molecule has 11 heteroatoms. The lowest BCUT2D eigenvalue weighted by atomic mass is 10.0. The summed E-state index contributed by atoms with van der Waals surface area (Å²) in [6, 6.07) is 8.87. The van der Waals surface area contributed by atoms with Gasteiger partial charge in [0.1, 0.15) is 15.8 Å². The number of unbranched alkanes of at least 4 members (excludes halogenated alkanes) is 1. The highest BCUT2D eigenvalue weighted by Crippen LogP contribution is 2.40.